The van der Waals surface area contributed by atoms with E-state index in [0.717, 1.165) is 66.1 Å². The molecular weight excluding hydrogens is 1830 g/mol. The molecule has 0 spiro atoms. The summed E-state index contributed by atoms with van der Waals surface area (Å²) in [6, 6.07) is 43.0. The number of phenolic OH excluding ortho intramolecular Hbond substituents is 2. The number of pyridine rings is 2. The number of alkyl carbamates (subject to hydrolysis) is 2. The van der Waals surface area contributed by atoms with Crippen molar-refractivity contribution in [1.82, 2.24) is 37.4 Å². The molecule has 2 aromatic heterocycles. The number of alkyl halides is 1. The van der Waals surface area contributed by atoms with Gasteiger partial charge in [0.2, 0.25) is 11.8 Å². The number of aliphatic carboxylic acids is 1. The number of ketones is 1. The van der Waals surface area contributed by atoms with Gasteiger partial charge < -0.3 is 71.2 Å². The van der Waals surface area contributed by atoms with Crippen LogP contribution in [0.5, 0.6) is 11.5 Å². The van der Waals surface area contributed by atoms with E-state index in [1.54, 1.807) is 120 Å². The van der Waals surface area contributed by atoms with Gasteiger partial charge in [0, 0.05) is 106 Å². The number of esters is 2. The predicted molar refractivity (Wildman–Crippen MR) is 481 cm³/mol. The second-order valence-corrected chi connectivity index (χ2v) is 33.8. The first-order chi connectivity index (χ1) is 58.4. The van der Waals surface area contributed by atoms with Gasteiger partial charge in [0.1, 0.15) is 51.6 Å². The Kier molecular flexibility index (Phi) is 43.1. The Morgan fingerprint density at radius 3 is 1.23 bits per heavy atom. The number of halogens is 1. The second-order valence-electron chi connectivity index (χ2n) is 33.3. The summed E-state index contributed by atoms with van der Waals surface area (Å²) in [5.74, 6) is -2.28. The number of unbranched alkanes of at least 4 members (excludes halogenated alkanes) is 2. The minimum absolute atomic E-state index is 0. The number of rotatable bonds is 34. The second kappa shape index (κ2) is 51.5. The Balaban J connectivity index is 0.000000525. The summed E-state index contributed by atoms with van der Waals surface area (Å²) in [6.07, 6.45) is 4.10. The van der Waals surface area contributed by atoms with Crippen LogP contribution in [-0.2, 0) is 57.2 Å². The van der Waals surface area contributed by atoms with Crippen molar-refractivity contribution in [2.24, 2.45) is 0 Å². The van der Waals surface area contributed by atoms with Gasteiger partial charge in [-0.05, 0) is 243 Å². The number of methoxy groups -OCH3 is 2. The molecule has 0 aliphatic rings. The SMILES string of the molecule is COC(=O)C[C@H](CC(=O)[C@H](CCCCNC(=O)OC(C)(C)C)NC(=O)CCCN(C(=O)OC(C)(C)C)c1cc(C)ccn1)c1ccc(-c2ccc(O)c3ccccc23)cc1.COC(=O)C[C@H](Cl)c1ccc(-c2ccc(O)c3ccccc23)cc1.Cc1ccnc(N(CCCC(=O)N[C@@H](CCCCNC(=O)OC(C)(C)C)C(=O)O)C(=O)OC(C)(C)C)c1.N.[3H][B][3H].[U]. The topological polar surface area (TPSA) is 402 Å². The van der Waals surface area contributed by atoms with E-state index in [0.29, 0.717) is 58.7 Å². The van der Waals surface area contributed by atoms with E-state index in [9.17, 15) is 63.3 Å². The first kappa shape index (κ1) is 104. The van der Waals surface area contributed by atoms with Crippen LogP contribution in [0.15, 0.2) is 158 Å². The molecule has 0 bridgehead atoms. The number of phenols is 2. The number of hydrogen-bond acceptors (Lipinski definition) is 21. The third kappa shape index (κ3) is 37.7. The summed E-state index contributed by atoms with van der Waals surface area (Å²) in [5, 5.41) is 43.7. The number of carbonyl (C=O) groups excluding carboxylic acids is 9. The standard InChI is InChI=1S/C47H60N4O9.C26H42N4O7.C20H17ClO3.BH2.H3N.U/c1-31-24-26-48-41(28-31)51(45(57)60-47(5,6)7)27-13-17-42(54)50-38(16-11-12-25-49-44(56)59-46(2,3)4)40(53)29-34(30-43(55)58-8)32-18-20-33(21-19-32)35-22-23-39(52)37-15-10-9-14-36(35)37;1-18-13-15-27-20(17-18)30(24(35)37-26(5,6)7)16-10-12-21(31)29-19(22(32)33)11-8-9-14-28-23(34)36-25(2,3)4;1-24-20(23)12-18(21)14-8-6-13(7-9-14)15-10-11-19(22)17-5-3-2-4-16(15)17;;;/h9-10,14-15,18-24,26,28,34,38,52H,11-13,16-17,25,27,29-30H2,1-8H3,(H,49,56)(H,50,54);13,15,17,19H,8-12,14,16H2,1-7H3,(H,28,34)(H,29,31)(H,32,33);2-11,18,22H,12H2,1H3;1H2;1H3;/t34-,38-;19-;18-;;;/m000.../s1/i;;;1T2;;. The minimum Gasteiger partial charge on any atom is -0.507 e. The van der Waals surface area contributed by atoms with Crippen LogP contribution < -0.4 is 37.2 Å². The molecule has 31 heteroatoms. The van der Waals surface area contributed by atoms with Crippen molar-refractivity contribution in [3.63, 3.8) is 0 Å². The van der Waals surface area contributed by atoms with Crippen molar-refractivity contribution in [1.29, 1.82) is 2.67 Å². The molecular formula is C93H124BClN9O19U. The molecule has 8 rings (SSSR count). The molecule has 0 aliphatic carbocycles. The Labute approximate surface area is 761 Å². The average Bonchev–Trinajstić information content (AvgIpc) is 0.786. The van der Waals surface area contributed by atoms with E-state index in [-0.39, 0.29) is 137 Å². The monoisotopic (exact) mass is 1960 g/mol. The molecule has 1 radical (unpaired) electrons. The number of benzene rings is 6. The number of hydrogen-bond donors (Lipinski definition) is 8. The molecule has 10 N–H and O–H groups in total. The smallest absolute Gasteiger partial charge is 0.416 e. The number of Topliss-reactive ketones (excluding diaryl/α,β-unsaturated/α-hetero) is 1. The van der Waals surface area contributed by atoms with Crippen molar-refractivity contribution in [2.75, 3.05) is 50.2 Å². The summed E-state index contributed by atoms with van der Waals surface area (Å²) in [6.45, 7) is 26.0. The van der Waals surface area contributed by atoms with E-state index in [1.165, 1.54) is 24.0 Å². The number of fused-ring (bicyclic) bond motifs is 2. The molecule has 6 aromatic carbocycles. The number of ether oxygens (including phenoxy) is 6. The number of carboxylic acid groups (broad SMARTS) is 1. The van der Waals surface area contributed by atoms with Gasteiger partial charge in [0.05, 0.1) is 46.8 Å². The number of carbonyl (C=O) groups is 10. The Morgan fingerprint density at radius 2 is 0.855 bits per heavy atom. The summed E-state index contributed by atoms with van der Waals surface area (Å²) in [4.78, 5) is 137. The third-order valence-corrected chi connectivity index (χ3v) is 18.8. The van der Waals surface area contributed by atoms with Crippen molar-refractivity contribution in [2.45, 2.75) is 226 Å². The molecule has 0 unspecified atom stereocenters. The number of amides is 6. The zero-order chi connectivity index (χ0) is 92.1. The summed E-state index contributed by atoms with van der Waals surface area (Å²) < 4.78 is 42.8. The fraction of sp³-hybridized carbons (Fsp3) is 0.441. The maximum atomic E-state index is 14.2. The van der Waals surface area contributed by atoms with Gasteiger partial charge in [-0.1, -0.05) is 109 Å². The number of anilines is 2. The van der Waals surface area contributed by atoms with Crippen molar-refractivity contribution >= 4 is 113 Å². The fourth-order valence-corrected chi connectivity index (χ4v) is 12.9. The summed E-state index contributed by atoms with van der Waals surface area (Å²) >= 11 is 6.26. The van der Waals surface area contributed by atoms with Gasteiger partial charge >= 0.3 is 42.3 Å². The van der Waals surface area contributed by atoms with Crippen molar-refractivity contribution < 1.29 is 123 Å². The predicted octanol–water partition coefficient (Wildman–Crippen LogP) is 17.4. The summed E-state index contributed by atoms with van der Waals surface area (Å²) in [7, 11) is 3.15. The zero-order valence-corrected chi connectivity index (χ0v) is 79.1. The van der Waals surface area contributed by atoms with E-state index >= 15 is 0 Å². The molecule has 8 aromatic rings. The Bertz CT molecular complexity index is 4860. The van der Waals surface area contributed by atoms with Crippen LogP contribution in [0.1, 0.15) is 200 Å². The maximum absolute atomic E-state index is 14.2. The molecule has 2 heterocycles. The Hall–Kier alpha value is -10.8. The molecule has 0 saturated heterocycles. The number of nitrogens with one attached hydrogen (secondary N) is 4. The number of aromatic hydroxyl groups is 2. The van der Waals surface area contributed by atoms with Crippen molar-refractivity contribution in [3.8, 4) is 33.8 Å². The van der Waals surface area contributed by atoms with E-state index < -0.39 is 88.0 Å². The number of nitrogens with zero attached hydrogens (tertiary/aromatic N) is 4. The molecule has 0 fully saturated rings. The quantitative estimate of drug-likeness (QED) is 0.00610. The normalized spacial score (nSPS) is 12.2. The molecule has 28 nitrogen and oxygen atoms in total. The molecule has 0 aliphatic heterocycles. The molecule has 6 amide bonds. The van der Waals surface area contributed by atoms with Crippen LogP contribution in [0.2, 0.25) is 0 Å². The van der Waals surface area contributed by atoms with Gasteiger partial charge in [-0.2, -0.15) is 0 Å². The molecule has 0 saturated carbocycles. The zero-order valence-electron chi connectivity index (χ0n) is 76.2. The largest absolute Gasteiger partial charge is 0.507 e. The molecule has 669 valence electrons. The number of carboxylic acids is 1. The van der Waals surface area contributed by atoms with E-state index in [1.807, 2.05) is 135 Å². The molecule has 124 heavy (non-hydrogen) atoms. The Morgan fingerprint density at radius 1 is 0.484 bits per heavy atom. The van der Waals surface area contributed by atoms with Gasteiger partial charge in [-0.25, -0.2) is 33.9 Å². The number of aromatic nitrogens is 2. The van der Waals surface area contributed by atoms with Crippen LogP contribution in [-0.4, -0.2) is 171 Å². The van der Waals surface area contributed by atoms with Gasteiger partial charge in [0.15, 0.2) is 5.78 Å². The third-order valence-electron chi connectivity index (χ3n) is 18.4. The summed E-state index contributed by atoms with van der Waals surface area (Å²) in [5.41, 5.74) is 4.63. The average molecular weight is 1960 g/mol. The van der Waals surface area contributed by atoms with Gasteiger partial charge in [-0.15, -0.1) is 11.6 Å². The van der Waals surface area contributed by atoms with Crippen LogP contribution in [0.4, 0.5) is 30.8 Å². The van der Waals surface area contributed by atoms with Crippen LogP contribution in [0.25, 0.3) is 43.8 Å². The van der Waals surface area contributed by atoms with Crippen molar-refractivity contribution in [3.05, 3.63) is 180 Å². The minimum atomic E-state index is -1.13. The van der Waals surface area contributed by atoms with Gasteiger partial charge in [-0.3, -0.25) is 33.8 Å². The number of aryl methyl sites for hydroxylation is 2. The van der Waals surface area contributed by atoms with Crippen LogP contribution in [0, 0.1) is 45.0 Å². The van der Waals surface area contributed by atoms with E-state index in [2.05, 4.69) is 36.0 Å². The maximum Gasteiger partial charge on any atom is 0.416 e. The van der Waals surface area contributed by atoms with Crippen LogP contribution in [0.3, 0.4) is 0 Å². The van der Waals surface area contributed by atoms with Gasteiger partial charge in [0.25, 0.3) is 0 Å². The first-order valence-electron chi connectivity index (χ1n) is 41.7. The molecule has 4 atom stereocenters. The first-order valence-corrected chi connectivity index (χ1v) is 41.0. The fourth-order valence-electron chi connectivity index (χ4n) is 12.6. The van der Waals surface area contributed by atoms with Crippen LogP contribution >= 0.6 is 11.6 Å². The van der Waals surface area contributed by atoms with E-state index in [4.69, 9.17) is 38.0 Å².